The summed E-state index contributed by atoms with van der Waals surface area (Å²) in [5.41, 5.74) is 0. The number of fused-ring (bicyclic) bond motifs is 1. The molecule has 0 spiro atoms. The Balaban J connectivity index is 2.18. The van der Waals surface area contributed by atoms with E-state index in [-0.39, 0.29) is 6.10 Å². The van der Waals surface area contributed by atoms with Crippen LogP contribution in [0.25, 0.3) is 0 Å². The van der Waals surface area contributed by atoms with Crippen molar-refractivity contribution in [2.24, 2.45) is 4.99 Å². The van der Waals surface area contributed by atoms with E-state index in [9.17, 15) is 0 Å². The summed E-state index contributed by atoms with van der Waals surface area (Å²) in [7, 11) is 0. The molecular formula is C6H8N2OS. The molecule has 0 aromatic rings. The van der Waals surface area contributed by atoms with Crippen molar-refractivity contribution in [3.8, 4) is 0 Å². The monoisotopic (exact) mass is 156 g/mol. The van der Waals surface area contributed by atoms with E-state index in [1.807, 2.05) is 16.5 Å². The number of rotatable bonds is 0. The molecule has 1 atom stereocenters. The topological polar surface area (TPSA) is 35.8 Å². The molecule has 0 radical (unpaired) electrons. The van der Waals surface area contributed by atoms with Crippen molar-refractivity contribution >= 4 is 16.9 Å². The Bertz CT molecular complexity index is 202. The smallest absolute Gasteiger partial charge is 0.167 e. The van der Waals surface area contributed by atoms with Gasteiger partial charge >= 0.3 is 0 Å². The van der Waals surface area contributed by atoms with Gasteiger partial charge in [-0.15, -0.1) is 0 Å². The van der Waals surface area contributed by atoms with Gasteiger partial charge in [-0.2, -0.15) is 0 Å². The van der Waals surface area contributed by atoms with Gasteiger partial charge in [0, 0.05) is 6.20 Å². The summed E-state index contributed by atoms with van der Waals surface area (Å²) >= 11 is 1.61. The zero-order valence-corrected chi connectivity index (χ0v) is 6.21. The van der Waals surface area contributed by atoms with Crippen LogP contribution in [0.3, 0.4) is 0 Å². The average Bonchev–Trinajstić information content (AvgIpc) is 2.33. The van der Waals surface area contributed by atoms with Gasteiger partial charge in [0.25, 0.3) is 0 Å². The second-order valence-electron chi connectivity index (χ2n) is 2.33. The Morgan fingerprint density at radius 1 is 1.80 bits per heavy atom. The van der Waals surface area contributed by atoms with Gasteiger partial charge in [-0.3, -0.25) is 4.99 Å². The number of hydrogen-bond acceptors (Lipinski definition) is 4. The molecule has 1 N–H and O–H groups in total. The molecule has 0 bridgehead atoms. The van der Waals surface area contributed by atoms with Crippen molar-refractivity contribution in [1.82, 2.24) is 4.90 Å². The average molecular weight is 156 g/mol. The summed E-state index contributed by atoms with van der Waals surface area (Å²) in [6.45, 7) is 1.25. The maximum absolute atomic E-state index is 9.16. The number of nitrogens with zero attached hydrogens (tertiary/aromatic N) is 2. The molecular weight excluding hydrogens is 148 g/mol. The van der Waals surface area contributed by atoms with Crippen molar-refractivity contribution in [2.75, 3.05) is 13.1 Å². The zero-order valence-electron chi connectivity index (χ0n) is 5.40. The molecule has 2 rings (SSSR count). The Morgan fingerprint density at radius 2 is 2.70 bits per heavy atom. The summed E-state index contributed by atoms with van der Waals surface area (Å²) in [4.78, 5) is 6.14. The van der Waals surface area contributed by atoms with Crippen LogP contribution < -0.4 is 0 Å². The van der Waals surface area contributed by atoms with Gasteiger partial charge < -0.3 is 10.0 Å². The van der Waals surface area contributed by atoms with Crippen LogP contribution in [0.4, 0.5) is 0 Å². The molecule has 2 aliphatic heterocycles. The van der Waals surface area contributed by atoms with Crippen LogP contribution in [0.15, 0.2) is 16.6 Å². The molecule has 2 heterocycles. The van der Waals surface area contributed by atoms with Crippen LogP contribution in [0.5, 0.6) is 0 Å². The fraction of sp³-hybridized carbons (Fsp3) is 0.500. The predicted octanol–water partition coefficient (Wildman–Crippen LogP) is 0.237. The van der Waals surface area contributed by atoms with E-state index in [0.717, 1.165) is 5.17 Å². The minimum atomic E-state index is -0.285. The first kappa shape index (κ1) is 6.24. The summed E-state index contributed by atoms with van der Waals surface area (Å²) in [6.07, 6.45) is 1.67. The summed E-state index contributed by atoms with van der Waals surface area (Å²) in [5, 5.41) is 12.2. The molecule has 0 saturated heterocycles. The Morgan fingerprint density at radius 3 is 3.60 bits per heavy atom. The maximum atomic E-state index is 9.16. The van der Waals surface area contributed by atoms with E-state index in [2.05, 4.69) is 4.99 Å². The lowest BCUT2D eigenvalue weighted by Gasteiger charge is -2.23. The van der Waals surface area contributed by atoms with Crippen molar-refractivity contribution in [3.05, 3.63) is 11.6 Å². The Labute approximate surface area is 63.4 Å². The maximum Gasteiger partial charge on any atom is 0.167 e. The van der Waals surface area contributed by atoms with E-state index in [1.165, 1.54) is 0 Å². The summed E-state index contributed by atoms with van der Waals surface area (Å²) in [5.74, 6) is 0. The van der Waals surface area contributed by atoms with Crippen LogP contribution in [-0.4, -0.2) is 34.4 Å². The molecule has 1 unspecified atom stereocenters. The molecule has 0 aliphatic carbocycles. The standard InChI is InChI=1S/C6H8N2OS/c9-5-3-7-6-8(4-5)1-2-10-6/h1-2,5,9H,3-4H2. The van der Waals surface area contributed by atoms with Crippen molar-refractivity contribution in [3.63, 3.8) is 0 Å². The van der Waals surface area contributed by atoms with E-state index in [4.69, 9.17) is 5.11 Å². The number of aliphatic hydroxyl groups is 1. The number of aliphatic hydroxyl groups excluding tert-OH is 1. The number of thioether (sulfide) groups is 1. The molecule has 0 fully saturated rings. The second-order valence-corrected chi connectivity index (χ2v) is 3.21. The third-order valence-corrected chi connectivity index (χ3v) is 2.34. The van der Waals surface area contributed by atoms with E-state index in [1.54, 1.807) is 11.8 Å². The third kappa shape index (κ3) is 0.932. The highest BCUT2D eigenvalue weighted by atomic mass is 32.2. The molecule has 3 nitrogen and oxygen atoms in total. The molecule has 0 aromatic carbocycles. The molecule has 10 heavy (non-hydrogen) atoms. The van der Waals surface area contributed by atoms with E-state index in [0.29, 0.717) is 13.1 Å². The number of hydrogen-bond donors (Lipinski definition) is 1. The molecule has 0 aromatic heterocycles. The first-order chi connectivity index (χ1) is 4.86. The van der Waals surface area contributed by atoms with Crippen molar-refractivity contribution in [2.45, 2.75) is 6.10 Å². The highest BCUT2D eigenvalue weighted by Gasteiger charge is 2.21. The third-order valence-electron chi connectivity index (χ3n) is 1.50. The van der Waals surface area contributed by atoms with Gasteiger partial charge in [-0.1, -0.05) is 11.8 Å². The van der Waals surface area contributed by atoms with Crippen molar-refractivity contribution < 1.29 is 5.11 Å². The Kier molecular flexibility index (Phi) is 1.43. The molecule has 0 amide bonds. The lowest BCUT2D eigenvalue weighted by atomic mass is 10.3. The van der Waals surface area contributed by atoms with Crippen LogP contribution in [0, 0.1) is 0 Å². The fourth-order valence-corrected chi connectivity index (χ4v) is 1.78. The predicted molar refractivity (Wildman–Crippen MR) is 41.7 cm³/mol. The quantitative estimate of drug-likeness (QED) is 0.545. The Hall–Kier alpha value is -0.480. The fourth-order valence-electron chi connectivity index (χ4n) is 1.03. The minimum absolute atomic E-state index is 0.285. The molecule has 0 saturated carbocycles. The molecule has 54 valence electrons. The lowest BCUT2D eigenvalue weighted by molar-refractivity contribution is 0.156. The number of amidine groups is 1. The normalized spacial score (nSPS) is 30.3. The first-order valence-electron chi connectivity index (χ1n) is 3.19. The van der Waals surface area contributed by atoms with Crippen molar-refractivity contribution in [1.29, 1.82) is 0 Å². The summed E-state index contributed by atoms with van der Waals surface area (Å²) < 4.78 is 0. The highest BCUT2D eigenvalue weighted by Crippen LogP contribution is 2.22. The van der Waals surface area contributed by atoms with Gasteiger partial charge in [0.15, 0.2) is 5.17 Å². The number of aliphatic imine (C=N–C) groups is 1. The van der Waals surface area contributed by atoms with E-state index < -0.39 is 0 Å². The second kappa shape index (κ2) is 2.29. The van der Waals surface area contributed by atoms with Gasteiger partial charge in [-0.25, -0.2) is 0 Å². The van der Waals surface area contributed by atoms with Gasteiger partial charge in [-0.05, 0) is 5.41 Å². The minimum Gasteiger partial charge on any atom is -0.389 e. The SMILES string of the molecule is OC1CN=C2SC=CN2C1. The summed E-state index contributed by atoms with van der Waals surface area (Å²) in [6, 6.07) is 0. The van der Waals surface area contributed by atoms with Crippen LogP contribution >= 0.6 is 11.8 Å². The first-order valence-corrected chi connectivity index (χ1v) is 4.07. The molecule has 2 aliphatic rings. The van der Waals surface area contributed by atoms with E-state index >= 15 is 0 Å². The van der Waals surface area contributed by atoms with Crippen LogP contribution in [0.1, 0.15) is 0 Å². The van der Waals surface area contributed by atoms with Crippen LogP contribution in [-0.2, 0) is 0 Å². The largest absolute Gasteiger partial charge is 0.389 e. The van der Waals surface area contributed by atoms with Gasteiger partial charge in [0.1, 0.15) is 0 Å². The molecule has 4 heteroatoms. The van der Waals surface area contributed by atoms with Gasteiger partial charge in [0.2, 0.25) is 0 Å². The highest BCUT2D eigenvalue weighted by molar-refractivity contribution is 8.16. The zero-order chi connectivity index (χ0) is 6.97. The van der Waals surface area contributed by atoms with Crippen LogP contribution in [0.2, 0.25) is 0 Å². The lowest BCUT2D eigenvalue weighted by Crippen LogP contribution is -2.36. The van der Waals surface area contributed by atoms with Gasteiger partial charge in [0.05, 0.1) is 19.2 Å².